The first kappa shape index (κ1) is 11.3. The summed E-state index contributed by atoms with van der Waals surface area (Å²) in [6, 6.07) is 2.81. The third-order valence-corrected chi connectivity index (χ3v) is 1.51. The molecule has 0 aliphatic rings. The molecule has 1 heterocycles. The molecule has 1 rings (SSSR count). The molecule has 0 atom stereocenters. The number of aromatic nitrogens is 1. The van der Waals surface area contributed by atoms with Crippen LogP contribution in [0.3, 0.4) is 0 Å². The van der Waals surface area contributed by atoms with Crippen LogP contribution in [0.2, 0.25) is 0 Å². The highest BCUT2D eigenvalue weighted by molar-refractivity contribution is 5.41. The molecule has 0 saturated heterocycles. The minimum absolute atomic E-state index is 0.105. The third kappa shape index (κ3) is 2.82. The highest BCUT2D eigenvalue weighted by atomic mass is 19.4. The molecule has 0 aliphatic carbocycles. The number of pyridine rings is 1. The van der Waals surface area contributed by atoms with Crippen molar-refractivity contribution >= 4 is 0 Å². The average Bonchev–Trinajstić information content (AvgIpc) is 2.15. The van der Waals surface area contributed by atoms with Crippen LogP contribution in [-0.2, 0) is 6.61 Å². The van der Waals surface area contributed by atoms with E-state index in [4.69, 9.17) is 10.4 Å². The first-order valence-corrected chi connectivity index (χ1v) is 3.72. The van der Waals surface area contributed by atoms with Gasteiger partial charge in [0.1, 0.15) is 0 Å². The highest BCUT2D eigenvalue weighted by Crippen LogP contribution is 2.25. The molecule has 0 fully saturated rings. The van der Waals surface area contributed by atoms with E-state index in [1.165, 1.54) is 6.07 Å². The molecule has 0 spiro atoms. The Hall–Kier alpha value is -1.81. The van der Waals surface area contributed by atoms with Crippen molar-refractivity contribution in [1.82, 2.24) is 4.98 Å². The topological polar surface area (TPSA) is 66.1 Å². The molecule has 0 saturated carbocycles. The molecule has 0 amide bonds. The zero-order chi connectivity index (χ0) is 11.5. The molecule has 15 heavy (non-hydrogen) atoms. The Balaban J connectivity index is 3.14. The van der Waals surface area contributed by atoms with Crippen molar-refractivity contribution < 1.29 is 23.0 Å². The maximum absolute atomic E-state index is 11.9. The SMILES string of the molecule is N#Cc1ccnc(OC(F)(F)F)c1CO. The maximum Gasteiger partial charge on any atom is 0.574 e. The molecule has 0 unspecified atom stereocenters. The first-order valence-electron chi connectivity index (χ1n) is 3.72. The van der Waals surface area contributed by atoms with Crippen LogP contribution in [0.5, 0.6) is 5.88 Å². The minimum atomic E-state index is -4.90. The smallest absolute Gasteiger partial charge is 0.391 e. The molecular weight excluding hydrogens is 213 g/mol. The third-order valence-electron chi connectivity index (χ3n) is 1.51. The van der Waals surface area contributed by atoms with Crippen molar-refractivity contribution in [3.8, 4) is 11.9 Å². The van der Waals surface area contributed by atoms with E-state index in [1.54, 1.807) is 6.07 Å². The van der Waals surface area contributed by atoms with Gasteiger partial charge in [0.25, 0.3) is 0 Å². The molecule has 80 valence electrons. The normalized spacial score (nSPS) is 10.9. The summed E-state index contributed by atoms with van der Waals surface area (Å²) in [5, 5.41) is 17.3. The molecule has 1 aromatic heterocycles. The van der Waals surface area contributed by atoms with Crippen LogP contribution in [-0.4, -0.2) is 16.5 Å². The second-order valence-corrected chi connectivity index (χ2v) is 2.46. The standard InChI is InChI=1S/C8H5F3N2O2/c9-8(10,11)15-7-6(4-14)5(3-12)1-2-13-7/h1-2,14H,4H2. The lowest BCUT2D eigenvalue weighted by Gasteiger charge is -2.11. The van der Waals surface area contributed by atoms with Gasteiger partial charge in [-0.05, 0) is 6.07 Å². The predicted molar refractivity (Wildman–Crippen MR) is 41.6 cm³/mol. The number of alkyl halides is 3. The maximum atomic E-state index is 11.9. The van der Waals surface area contributed by atoms with Crippen LogP contribution in [0.15, 0.2) is 12.3 Å². The van der Waals surface area contributed by atoms with Crippen LogP contribution in [0.1, 0.15) is 11.1 Å². The number of hydrogen-bond acceptors (Lipinski definition) is 4. The van der Waals surface area contributed by atoms with Crippen molar-refractivity contribution in [1.29, 1.82) is 5.26 Å². The van der Waals surface area contributed by atoms with Gasteiger partial charge in [-0.3, -0.25) is 0 Å². The molecule has 0 bridgehead atoms. The van der Waals surface area contributed by atoms with E-state index in [0.29, 0.717) is 0 Å². The van der Waals surface area contributed by atoms with Crippen molar-refractivity contribution in [2.45, 2.75) is 13.0 Å². The van der Waals surface area contributed by atoms with Gasteiger partial charge in [-0.1, -0.05) is 0 Å². The van der Waals surface area contributed by atoms with E-state index >= 15 is 0 Å². The summed E-state index contributed by atoms with van der Waals surface area (Å²) in [5.41, 5.74) is -0.385. The number of aliphatic hydroxyl groups is 1. The summed E-state index contributed by atoms with van der Waals surface area (Å²) in [6.07, 6.45) is -3.90. The van der Waals surface area contributed by atoms with Gasteiger partial charge in [-0.15, -0.1) is 13.2 Å². The molecular formula is C8H5F3N2O2. The van der Waals surface area contributed by atoms with Gasteiger partial charge < -0.3 is 9.84 Å². The Bertz CT molecular complexity index is 398. The largest absolute Gasteiger partial charge is 0.574 e. The lowest BCUT2D eigenvalue weighted by molar-refractivity contribution is -0.276. The lowest BCUT2D eigenvalue weighted by atomic mass is 10.1. The van der Waals surface area contributed by atoms with Gasteiger partial charge in [0.05, 0.1) is 23.8 Å². The van der Waals surface area contributed by atoms with Crippen LogP contribution < -0.4 is 4.74 Å². The average molecular weight is 218 g/mol. The molecule has 4 nitrogen and oxygen atoms in total. The summed E-state index contributed by atoms with van der Waals surface area (Å²) >= 11 is 0. The number of aliphatic hydroxyl groups excluding tert-OH is 1. The highest BCUT2D eigenvalue weighted by Gasteiger charge is 2.33. The van der Waals surface area contributed by atoms with Crippen molar-refractivity contribution in [2.24, 2.45) is 0 Å². The number of nitrogens with zero attached hydrogens (tertiary/aromatic N) is 2. The van der Waals surface area contributed by atoms with Gasteiger partial charge in [0.15, 0.2) is 0 Å². The molecule has 0 aliphatic heterocycles. The quantitative estimate of drug-likeness (QED) is 0.813. The van der Waals surface area contributed by atoms with Crippen LogP contribution >= 0.6 is 0 Å². The van der Waals surface area contributed by atoms with E-state index < -0.39 is 18.8 Å². The van der Waals surface area contributed by atoms with Crippen LogP contribution in [0, 0.1) is 11.3 Å². The summed E-state index contributed by atoms with van der Waals surface area (Å²) in [4.78, 5) is 3.29. The number of hydrogen-bond donors (Lipinski definition) is 1. The van der Waals surface area contributed by atoms with Gasteiger partial charge in [-0.25, -0.2) is 4.98 Å². The van der Waals surface area contributed by atoms with Crippen molar-refractivity contribution in [2.75, 3.05) is 0 Å². The molecule has 7 heteroatoms. The molecule has 0 aromatic carbocycles. The Morgan fingerprint density at radius 2 is 2.20 bits per heavy atom. The van der Waals surface area contributed by atoms with E-state index in [-0.39, 0.29) is 11.1 Å². The van der Waals surface area contributed by atoms with Gasteiger partial charge in [0.2, 0.25) is 5.88 Å². The summed E-state index contributed by atoms with van der Waals surface area (Å²) in [6.45, 7) is -0.748. The molecule has 1 N–H and O–H groups in total. The minimum Gasteiger partial charge on any atom is -0.391 e. The predicted octanol–water partition coefficient (Wildman–Crippen LogP) is 1.34. The van der Waals surface area contributed by atoms with Crippen molar-refractivity contribution in [3.05, 3.63) is 23.4 Å². The zero-order valence-electron chi connectivity index (χ0n) is 7.25. The zero-order valence-corrected chi connectivity index (χ0v) is 7.25. The van der Waals surface area contributed by atoms with E-state index in [2.05, 4.69) is 9.72 Å². The van der Waals surface area contributed by atoms with Crippen molar-refractivity contribution in [3.63, 3.8) is 0 Å². The van der Waals surface area contributed by atoms with E-state index in [0.717, 1.165) is 6.20 Å². The summed E-state index contributed by atoms with van der Waals surface area (Å²) < 4.78 is 39.1. The monoisotopic (exact) mass is 218 g/mol. The van der Waals surface area contributed by atoms with Gasteiger partial charge in [-0.2, -0.15) is 5.26 Å². The number of nitriles is 1. The van der Waals surface area contributed by atoms with Gasteiger partial charge >= 0.3 is 6.36 Å². The fraction of sp³-hybridized carbons (Fsp3) is 0.250. The lowest BCUT2D eigenvalue weighted by Crippen LogP contribution is -2.19. The van der Waals surface area contributed by atoms with E-state index in [1.807, 2.05) is 0 Å². The Labute approximate surface area is 82.5 Å². The Morgan fingerprint density at radius 1 is 1.53 bits per heavy atom. The second-order valence-electron chi connectivity index (χ2n) is 2.46. The fourth-order valence-electron chi connectivity index (χ4n) is 0.928. The molecule has 1 aromatic rings. The van der Waals surface area contributed by atoms with Gasteiger partial charge in [0, 0.05) is 6.20 Å². The fourth-order valence-corrected chi connectivity index (χ4v) is 0.928. The van der Waals surface area contributed by atoms with Crippen LogP contribution in [0.4, 0.5) is 13.2 Å². The molecule has 0 radical (unpaired) electrons. The second kappa shape index (κ2) is 4.14. The Morgan fingerprint density at radius 3 is 2.67 bits per heavy atom. The first-order chi connectivity index (χ1) is 6.98. The number of halogens is 3. The van der Waals surface area contributed by atoms with Crippen LogP contribution in [0.25, 0.3) is 0 Å². The number of rotatable bonds is 2. The number of ether oxygens (including phenoxy) is 1. The summed E-state index contributed by atoms with van der Waals surface area (Å²) in [7, 11) is 0. The van der Waals surface area contributed by atoms with E-state index in [9.17, 15) is 13.2 Å². The Kier molecular flexibility index (Phi) is 3.11. The summed E-state index contributed by atoms with van der Waals surface area (Å²) in [5.74, 6) is -0.802.